The summed E-state index contributed by atoms with van der Waals surface area (Å²) in [6, 6.07) is 11.9. The van der Waals surface area contributed by atoms with Crippen molar-refractivity contribution in [1.82, 2.24) is 9.97 Å². The zero-order valence-electron chi connectivity index (χ0n) is 16.3. The summed E-state index contributed by atoms with van der Waals surface area (Å²) in [6.45, 7) is 1.89. The van der Waals surface area contributed by atoms with E-state index in [-0.39, 0.29) is 17.7 Å². The molecule has 1 fully saturated rings. The molecule has 1 saturated carbocycles. The molecule has 1 aliphatic carbocycles. The Labute approximate surface area is 174 Å². The molecule has 3 aromatic rings. The van der Waals surface area contributed by atoms with Crippen LogP contribution < -0.4 is 5.32 Å². The smallest absolute Gasteiger partial charge is 0.233 e. The van der Waals surface area contributed by atoms with Gasteiger partial charge in [0.25, 0.3) is 0 Å². The maximum Gasteiger partial charge on any atom is 0.233 e. The number of pyridine rings is 1. The average Bonchev–Trinajstić information content (AvgIpc) is 3.38. The van der Waals surface area contributed by atoms with Gasteiger partial charge in [-0.2, -0.15) is 0 Å². The third-order valence-electron chi connectivity index (χ3n) is 5.48. The summed E-state index contributed by atoms with van der Waals surface area (Å²) in [6.07, 6.45) is 7.00. The van der Waals surface area contributed by atoms with Crippen LogP contribution in [0.3, 0.4) is 0 Å². The molecule has 148 valence electrons. The monoisotopic (exact) mass is 405 g/mol. The Balaban J connectivity index is 1.38. The number of Topliss-reactive ketones (excluding diaryl/α,β-unsaturated/α-hetero) is 1. The number of aromatic nitrogens is 2. The van der Waals surface area contributed by atoms with Crippen LogP contribution in [0.25, 0.3) is 11.3 Å². The largest absolute Gasteiger partial charge is 0.301 e. The van der Waals surface area contributed by atoms with Gasteiger partial charge in [-0.05, 0) is 49.4 Å². The van der Waals surface area contributed by atoms with Crippen LogP contribution in [-0.2, 0) is 16.0 Å². The predicted octanol–water partition coefficient (Wildman–Crippen LogP) is 4.86. The molecule has 0 radical (unpaired) electrons. The fraction of sp³-hybridized carbons (Fsp3) is 0.304. The van der Waals surface area contributed by atoms with Gasteiger partial charge in [0.15, 0.2) is 5.13 Å². The van der Waals surface area contributed by atoms with Gasteiger partial charge in [-0.15, -0.1) is 11.3 Å². The number of anilines is 1. The van der Waals surface area contributed by atoms with Gasteiger partial charge in [-0.3, -0.25) is 14.6 Å². The van der Waals surface area contributed by atoms with Crippen molar-refractivity contribution in [2.75, 3.05) is 5.32 Å². The molecule has 0 saturated heterocycles. The lowest BCUT2D eigenvalue weighted by Crippen LogP contribution is -2.18. The standard InChI is InChI=1S/C23H23N3O2S/c1-15(17-9-7-16(8-10-17)12-18-4-2-6-21(18)27)22(28)26-23-25-20(14-29-23)19-5-3-11-24-13-19/h3,5,7-11,13-15,18H,2,4,6,12H2,1H3,(H,25,26,28)/t15-,18+/m0/s1. The van der Waals surface area contributed by atoms with E-state index in [2.05, 4.69) is 15.3 Å². The number of carbonyl (C=O) groups is 2. The summed E-state index contributed by atoms with van der Waals surface area (Å²) in [4.78, 5) is 33.1. The van der Waals surface area contributed by atoms with E-state index in [4.69, 9.17) is 0 Å². The first kappa shape index (κ1) is 19.5. The van der Waals surface area contributed by atoms with Crippen LogP contribution in [0.1, 0.15) is 43.2 Å². The summed E-state index contributed by atoms with van der Waals surface area (Å²) >= 11 is 1.40. The molecule has 4 rings (SSSR count). The summed E-state index contributed by atoms with van der Waals surface area (Å²) < 4.78 is 0. The second-order valence-electron chi connectivity index (χ2n) is 7.49. The van der Waals surface area contributed by atoms with Crippen molar-refractivity contribution in [3.05, 3.63) is 65.3 Å². The fourth-order valence-corrected chi connectivity index (χ4v) is 4.40. The second kappa shape index (κ2) is 8.66. The van der Waals surface area contributed by atoms with Crippen LogP contribution in [0.5, 0.6) is 0 Å². The first-order valence-corrected chi connectivity index (χ1v) is 10.8. The highest BCUT2D eigenvalue weighted by Gasteiger charge is 2.24. The van der Waals surface area contributed by atoms with E-state index in [9.17, 15) is 9.59 Å². The van der Waals surface area contributed by atoms with Gasteiger partial charge >= 0.3 is 0 Å². The highest BCUT2D eigenvalue weighted by atomic mass is 32.1. The molecule has 0 bridgehead atoms. The predicted molar refractivity (Wildman–Crippen MR) is 115 cm³/mol. The molecule has 6 heteroatoms. The van der Waals surface area contributed by atoms with Crippen molar-refractivity contribution >= 4 is 28.2 Å². The summed E-state index contributed by atoms with van der Waals surface area (Å²) in [7, 11) is 0. The second-order valence-corrected chi connectivity index (χ2v) is 8.35. The van der Waals surface area contributed by atoms with Crippen molar-refractivity contribution in [2.45, 2.75) is 38.5 Å². The van der Waals surface area contributed by atoms with Crippen LogP contribution in [0.4, 0.5) is 5.13 Å². The van der Waals surface area contributed by atoms with Crippen LogP contribution in [0, 0.1) is 5.92 Å². The Kier molecular flexibility index (Phi) is 5.81. The van der Waals surface area contributed by atoms with Gasteiger partial charge in [0.1, 0.15) is 5.78 Å². The molecule has 0 spiro atoms. The van der Waals surface area contributed by atoms with Crippen molar-refractivity contribution in [3.8, 4) is 11.3 Å². The Bertz CT molecular complexity index is 998. The Morgan fingerprint density at radius 1 is 1.28 bits per heavy atom. The molecule has 2 heterocycles. The zero-order valence-corrected chi connectivity index (χ0v) is 17.1. The molecule has 0 aliphatic heterocycles. The first-order valence-electron chi connectivity index (χ1n) is 9.88. The van der Waals surface area contributed by atoms with E-state index < -0.39 is 0 Å². The minimum Gasteiger partial charge on any atom is -0.301 e. The molecule has 5 nitrogen and oxygen atoms in total. The Hall–Kier alpha value is -2.86. The highest BCUT2D eigenvalue weighted by molar-refractivity contribution is 7.14. The Morgan fingerprint density at radius 3 is 2.79 bits per heavy atom. The molecular formula is C23H23N3O2S. The van der Waals surface area contributed by atoms with Gasteiger partial charge in [-0.25, -0.2) is 4.98 Å². The number of nitrogens with zero attached hydrogens (tertiary/aromatic N) is 2. The minimum atomic E-state index is -0.289. The van der Waals surface area contributed by atoms with Crippen LogP contribution in [-0.4, -0.2) is 21.7 Å². The van der Waals surface area contributed by atoms with E-state index in [1.165, 1.54) is 11.3 Å². The number of hydrogen-bond acceptors (Lipinski definition) is 5. The molecule has 0 unspecified atom stereocenters. The zero-order chi connectivity index (χ0) is 20.2. The number of ketones is 1. The van der Waals surface area contributed by atoms with Crippen molar-refractivity contribution < 1.29 is 9.59 Å². The number of carbonyl (C=O) groups excluding carboxylic acids is 2. The van der Waals surface area contributed by atoms with Gasteiger partial charge < -0.3 is 5.32 Å². The molecule has 1 amide bonds. The lowest BCUT2D eigenvalue weighted by atomic mass is 9.94. The van der Waals surface area contributed by atoms with Gasteiger partial charge in [0.05, 0.1) is 11.6 Å². The van der Waals surface area contributed by atoms with Gasteiger partial charge in [0.2, 0.25) is 5.91 Å². The number of nitrogens with one attached hydrogen (secondary N) is 1. The SMILES string of the molecule is C[C@H](C(=O)Nc1nc(-c2cccnc2)cs1)c1ccc(C[C@H]2CCCC2=O)cc1. The quantitative estimate of drug-likeness (QED) is 0.636. The van der Waals surface area contributed by atoms with Crippen molar-refractivity contribution in [1.29, 1.82) is 0 Å². The maximum absolute atomic E-state index is 12.7. The lowest BCUT2D eigenvalue weighted by Gasteiger charge is -2.13. The van der Waals surface area contributed by atoms with E-state index >= 15 is 0 Å². The molecule has 2 atom stereocenters. The highest BCUT2D eigenvalue weighted by Crippen LogP contribution is 2.27. The van der Waals surface area contributed by atoms with E-state index in [1.54, 1.807) is 12.4 Å². The third-order valence-corrected chi connectivity index (χ3v) is 6.24. The van der Waals surface area contributed by atoms with E-state index in [1.807, 2.05) is 48.7 Å². The molecular weight excluding hydrogens is 382 g/mol. The van der Waals surface area contributed by atoms with Crippen LogP contribution in [0.15, 0.2) is 54.2 Å². The number of amides is 1. The molecule has 1 aromatic carbocycles. The summed E-state index contributed by atoms with van der Waals surface area (Å²) in [5.74, 6) is 0.176. The molecule has 1 aliphatic rings. The third kappa shape index (κ3) is 4.59. The summed E-state index contributed by atoms with van der Waals surface area (Å²) in [5.41, 5.74) is 3.83. The molecule has 29 heavy (non-hydrogen) atoms. The average molecular weight is 406 g/mol. The van der Waals surface area contributed by atoms with Crippen molar-refractivity contribution in [2.24, 2.45) is 5.92 Å². The van der Waals surface area contributed by atoms with Gasteiger partial charge in [0, 0.05) is 35.7 Å². The lowest BCUT2D eigenvalue weighted by molar-refractivity contribution is -0.120. The molecule has 2 aromatic heterocycles. The topological polar surface area (TPSA) is 72.0 Å². The number of thiazole rings is 1. The normalized spacial score (nSPS) is 17.3. The van der Waals surface area contributed by atoms with Crippen LogP contribution in [0.2, 0.25) is 0 Å². The molecule has 1 N–H and O–H groups in total. The van der Waals surface area contributed by atoms with E-state index in [0.29, 0.717) is 10.9 Å². The fourth-order valence-electron chi connectivity index (χ4n) is 3.67. The number of benzene rings is 1. The Morgan fingerprint density at radius 2 is 2.10 bits per heavy atom. The summed E-state index contributed by atoms with van der Waals surface area (Å²) in [5, 5.41) is 5.41. The number of hydrogen-bond donors (Lipinski definition) is 1. The van der Waals surface area contributed by atoms with Crippen LogP contribution >= 0.6 is 11.3 Å². The van der Waals surface area contributed by atoms with Gasteiger partial charge in [-0.1, -0.05) is 24.3 Å². The maximum atomic E-state index is 12.7. The van der Waals surface area contributed by atoms with Crippen molar-refractivity contribution in [3.63, 3.8) is 0 Å². The first-order chi connectivity index (χ1) is 14.1. The number of rotatable bonds is 6. The minimum absolute atomic E-state index is 0.0872. The van der Waals surface area contributed by atoms with E-state index in [0.717, 1.165) is 48.1 Å².